The lowest BCUT2D eigenvalue weighted by Gasteiger charge is -2.02. The van der Waals surface area contributed by atoms with Crippen LogP contribution in [0, 0.1) is 11.3 Å². The van der Waals surface area contributed by atoms with E-state index >= 15 is 0 Å². The van der Waals surface area contributed by atoms with E-state index in [0.717, 1.165) is 9.88 Å². The van der Waals surface area contributed by atoms with Crippen molar-refractivity contribution in [3.63, 3.8) is 0 Å². The number of thiazole rings is 1. The van der Waals surface area contributed by atoms with Gasteiger partial charge < -0.3 is 5.32 Å². The molecule has 0 aliphatic rings. The molecule has 23 heavy (non-hydrogen) atoms. The Hall–Kier alpha value is -2.75. The second kappa shape index (κ2) is 7.01. The number of carbonyl (C=O) groups excluding carboxylic acids is 1. The first kappa shape index (κ1) is 15.2. The van der Waals surface area contributed by atoms with Gasteiger partial charge in [-0.25, -0.2) is 4.98 Å². The average molecular weight is 337 g/mol. The molecule has 0 spiro atoms. The minimum absolute atomic E-state index is 0.0249. The molecule has 0 bridgehead atoms. The second-order valence-corrected chi connectivity index (χ2v) is 6.35. The van der Waals surface area contributed by atoms with E-state index in [0.29, 0.717) is 11.4 Å². The van der Waals surface area contributed by atoms with Gasteiger partial charge in [0.25, 0.3) is 5.91 Å². The minimum atomic E-state index is -0.440. The number of aromatic nitrogens is 1. The second-order valence-electron chi connectivity index (χ2n) is 4.54. The van der Waals surface area contributed by atoms with E-state index in [1.54, 1.807) is 23.5 Å². The Morgan fingerprint density at radius 3 is 2.70 bits per heavy atom. The van der Waals surface area contributed by atoms with Crippen molar-refractivity contribution in [2.45, 2.75) is 0 Å². The fraction of sp³-hybridized carbons (Fsp3) is 0. The number of anilines is 1. The van der Waals surface area contributed by atoms with Gasteiger partial charge in [0, 0.05) is 11.1 Å². The number of nitrogens with one attached hydrogen (secondary N) is 1. The normalized spacial score (nSPS) is 11.0. The molecule has 2 aromatic heterocycles. The van der Waals surface area contributed by atoms with Crippen LogP contribution in [0.1, 0.15) is 5.69 Å². The van der Waals surface area contributed by atoms with Crippen molar-refractivity contribution >= 4 is 40.3 Å². The van der Waals surface area contributed by atoms with Gasteiger partial charge in [-0.3, -0.25) is 4.79 Å². The summed E-state index contributed by atoms with van der Waals surface area (Å²) in [6.45, 7) is 0. The molecule has 0 fully saturated rings. The SMILES string of the molecule is N#CC(=Cc1csc(-c2cccs2)n1)C(=O)Nc1ccccc1. The van der Waals surface area contributed by atoms with Crippen LogP contribution in [0.25, 0.3) is 16.0 Å². The molecule has 3 rings (SSSR count). The summed E-state index contributed by atoms with van der Waals surface area (Å²) in [6, 6.07) is 14.9. The lowest BCUT2D eigenvalue weighted by molar-refractivity contribution is -0.112. The molecule has 3 aromatic rings. The summed E-state index contributed by atoms with van der Waals surface area (Å²) in [6.07, 6.45) is 1.51. The van der Waals surface area contributed by atoms with Gasteiger partial charge in [-0.1, -0.05) is 24.3 Å². The van der Waals surface area contributed by atoms with Gasteiger partial charge in [-0.15, -0.1) is 22.7 Å². The van der Waals surface area contributed by atoms with Crippen molar-refractivity contribution < 1.29 is 4.79 Å². The number of carbonyl (C=O) groups is 1. The van der Waals surface area contributed by atoms with Crippen LogP contribution < -0.4 is 5.32 Å². The number of nitrogens with zero attached hydrogens (tertiary/aromatic N) is 2. The van der Waals surface area contributed by atoms with E-state index in [2.05, 4.69) is 10.3 Å². The number of hydrogen-bond donors (Lipinski definition) is 1. The molecule has 112 valence electrons. The summed E-state index contributed by atoms with van der Waals surface area (Å²) in [7, 11) is 0. The zero-order valence-corrected chi connectivity index (χ0v) is 13.5. The fourth-order valence-corrected chi connectivity index (χ4v) is 3.47. The van der Waals surface area contributed by atoms with Crippen LogP contribution in [-0.2, 0) is 4.79 Å². The third kappa shape index (κ3) is 3.72. The summed E-state index contributed by atoms with van der Waals surface area (Å²) in [5, 5.41) is 16.6. The Kier molecular flexibility index (Phi) is 4.62. The molecule has 0 unspecified atom stereocenters. The highest BCUT2D eigenvalue weighted by molar-refractivity contribution is 7.20. The molecule has 2 heterocycles. The first-order valence-electron chi connectivity index (χ1n) is 6.74. The molecule has 0 saturated carbocycles. The van der Waals surface area contributed by atoms with Crippen LogP contribution >= 0.6 is 22.7 Å². The monoisotopic (exact) mass is 337 g/mol. The maximum Gasteiger partial charge on any atom is 0.266 e. The number of amides is 1. The molecule has 1 aromatic carbocycles. The summed E-state index contributed by atoms with van der Waals surface area (Å²) >= 11 is 3.09. The lowest BCUT2D eigenvalue weighted by atomic mass is 10.2. The smallest absolute Gasteiger partial charge is 0.266 e. The molecular weight excluding hydrogens is 326 g/mol. The predicted octanol–water partition coefficient (Wildman–Crippen LogP) is 4.42. The third-order valence-corrected chi connectivity index (χ3v) is 4.84. The topological polar surface area (TPSA) is 65.8 Å². The maximum absolute atomic E-state index is 12.2. The Labute approximate surface area is 141 Å². The number of rotatable bonds is 4. The molecule has 0 atom stereocenters. The number of para-hydroxylation sites is 1. The molecule has 0 saturated heterocycles. The third-order valence-electron chi connectivity index (χ3n) is 2.94. The van der Waals surface area contributed by atoms with Gasteiger partial charge in [0.2, 0.25) is 0 Å². The minimum Gasteiger partial charge on any atom is -0.321 e. The van der Waals surface area contributed by atoms with Crippen molar-refractivity contribution in [2.24, 2.45) is 0 Å². The lowest BCUT2D eigenvalue weighted by Crippen LogP contribution is -2.13. The number of nitriles is 1. The van der Waals surface area contributed by atoms with Crippen LogP contribution in [0.5, 0.6) is 0 Å². The molecule has 0 aliphatic carbocycles. The average Bonchev–Trinajstić information content (AvgIpc) is 3.24. The Morgan fingerprint density at radius 1 is 1.17 bits per heavy atom. The van der Waals surface area contributed by atoms with Gasteiger partial charge >= 0.3 is 0 Å². The highest BCUT2D eigenvalue weighted by Gasteiger charge is 2.11. The Morgan fingerprint density at radius 2 is 2.00 bits per heavy atom. The number of hydrogen-bond acceptors (Lipinski definition) is 5. The first-order valence-corrected chi connectivity index (χ1v) is 8.50. The quantitative estimate of drug-likeness (QED) is 0.566. The molecule has 0 radical (unpaired) electrons. The van der Waals surface area contributed by atoms with Gasteiger partial charge in [0.05, 0.1) is 10.6 Å². The Balaban J connectivity index is 1.79. The van der Waals surface area contributed by atoms with Gasteiger partial charge in [0.1, 0.15) is 16.6 Å². The molecule has 1 N–H and O–H groups in total. The number of thiophene rings is 1. The first-order chi connectivity index (χ1) is 11.3. The van der Waals surface area contributed by atoms with Crippen molar-refractivity contribution in [3.05, 3.63) is 64.5 Å². The largest absolute Gasteiger partial charge is 0.321 e. The van der Waals surface area contributed by atoms with Crippen molar-refractivity contribution in [1.82, 2.24) is 4.98 Å². The summed E-state index contributed by atoms with van der Waals surface area (Å²) in [5.74, 6) is -0.440. The van der Waals surface area contributed by atoms with Crippen LogP contribution in [0.4, 0.5) is 5.69 Å². The van der Waals surface area contributed by atoms with E-state index in [-0.39, 0.29) is 5.57 Å². The standard InChI is InChI=1S/C17H11N3OS2/c18-10-12(16(21)19-13-5-2-1-3-6-13)9-14-11-23-17(20-14)15-7-4-8-22-15/h1-9,11H,(H,19,21). The summed E-state index contributed by atoms with van der Waals surface area (Å²) in [5.41, 5.74) is 1.28. The molecular formula is C17H11N3OS2. The molecule has 0 aliphatic heterocycles. The molecule has 4 nitrogen and oxygen atoms in total. The highest BCUT2D eigenvalue weighted by atomic mass is 32.1. The molecule has 1 amide bonds. The van der Waals surface area contributed by atoms with Gasteiger partial charge in [0.15, 0.2) is 0 Å². The van der Waals surface area contributed by atoms with Crippen molar-refractivity contribution in [3.8, 4) is 16.0 Å². The Bertz CT molecular complexity index is 874. The zero-order chi connectivity index (χ0) is 16.1. The summed E-state index contributed by atoms with van der Waals surface area (Å²) in [4.78, 5) is 17.7. The van der Waals surface area contributed by atoms with E-state index in [9.17, 15) is 10.1 Å². The van der Waals surface area contributed by atoms with Gasteiger partial charge in [-0.2, -0.15) is 5.26 Å². The van der Waals surface area contributed by atoms with Crippen LogP contribution in [-0.4, -0.2) is 10.9 Å². The predicted molar refractivity (Wildman–Crippen MR) is 94.1 cm³/mol. The van der Waals surface area contributed by atoms with E-state index in [1.165, 1.54) is 17.4 Å². The van der Waals surface area contributed by atoms with Crippen molar-refractivity contribution in [1.29, 1.82) is 5.26 Å². The van der Waals surface area contributed by atoms with Gasteiger partial charge in [-0.05, 0) is 29.7 Å². The van der Waals surface area contributed by atoms with Crippen molar-refractivity contribution in [2.75, 3.05) is 5.32 Å². The maximum atomic E-state index is 12.2. The summed E-state index contributed by atoms with van der Waals surface area (Å²) < 4.78 is 0. The van der Waals surface area contributed by atoms with E-state index in [1.807, 2.05) is 47.2 Å². The van der Waals surface area contributed by atoms with E-state index in [4.69, 9.17) is 0 Å². The number of benzene rings is 1. The highest BCUT2D eigenvalue weighted by Crippen LogP contribution is 2.28. The molecule has 6 heteroatoms. The van der Waals surface area contributed by atoms with Crippen LogP contribution in [0.2, 0.25) is 0 Å². The van der Waals surface area contributed by atoms with E-state index < -0.39 is 5.91 Å². The fourth-order valence-electron chi connectivity index (χ4n) is 1.88. The van der Waals surface area contributed by atoms with Crippen LogP contribution in [0.3, 0.4) is 0 Å². The zero-order valence-electron chi connectivity index (χ0n) is 11.9. The van der Waals surface area contributed by atoms with Crippen LogP contribution in [0.15, 0.2) is 58.8 Å².